The fraction of sp³-hybridized carbons (Fsp3) is 0.515. The van der Waals surface area contributed by atoms with E-state index in [1.807, 2.05) is 58.0 Å². The molecule has 2 amide bonds. The summed E-state index contributed by atoms with van der Waals surface area (Å²) in [5, 5.41) is 0. The second-order valence-corrected chi connectivity index (χ2v) is 13.6. The van der Waals surface area contributed by atoms with Crippen LogP contribution in [0.2, 0.25) is 0 Å². The van der Waals surface area contributed by atoms with Gasteiger partial charge in [-0.05, 0) is 70.4 Å². The average Bonchev–Trinajstić information content (AvgIpc) is 3.44. The minimum atomic E-state index is -0.597. The number of carbonyl (C=O) groups is 2. The van der Waals surface area contributed by atoms with Crippen LogP contribution in [0.3, 0.4) is 0 Å². The second-order valence-electron chi connectivity index (χ2n) is 13.6. The fourth-order valence-corrected chi connectivity index (χ4v) is 6.07. The van der Waals surface area contributed by atoms with Crippen LogP contribution in [-0.4, -0.2) is 80.2 Å². The molecular weight excluding hydrogens is 547 g/mol. The Morgan fingerprint density at radius 2 is 1.81 bits per heavy atom. The number of nitrogens with zero attached hydrogens (tertiary/aromatic N) is 6. The summed E-state index contributed by atoms with van der Waals surface area (Å²) < 4.78 is 21.2. The lowest BCUT2D eigenvalue weighted by Crippen LogP contribution is -2.62. The highest BCUT2D eigenvalue weighted by Crippen LogP contribution is 2.40. The number of piperazine rings is 1. The molecule has 9 nitrogen and oxygen atoms in total. The summed E-state index contributed by atoms with van der Waals surface area (Å²) in [5.74, 6) is 0.610. The molecule has 0 aliphatic carbocycles. The van der Waals surface area contributed by atoms with Gasteiger partial charge in [0.05, 0.1) is 17.9 Å². The molecule has 2 aromatic heterocycles. The molecule has 0 unspecified atom stereocenters. The monoisotopic (exact) mass is 590 g/mol. The van der Waals surface area contributed by atoms with Gasteiger partial charge in [0, 0.05) is 62.3 Å². The van der Waals surface area contributed by atoms with E-state index in [0.29, 0.717) is 32.6 Å². The molecule has 43 heavy (non-hydrogen) atoms. The highest BCUT2D eigenvalue weighted by atomic mass is 19.1. The number of ether oxygens (including phenoxy) is 1. The Balaban J connectivity index is 1.37. The van der Waals surface area contributed by atoms with Gasteiger partial charge in [-0.1, -0.05) is 26.0 Å². The number of anilines is 1. The van der Waals surface area contributed by atoms with E-state index in [1.165, 1.54) is 12.1 Å². The van der Waals surface area contributed by atoms with Crippen molar-refractivity contribution in [2.75, 3.05) is 31.1 Å². The van der Waals surface area contributed by atoms with E-state index in [-0.39, 0.29) is 41.9 Å². The molecule has 1 saturated heterocycles. The van der Waals surface area contributed by atoms with Gasteiger partial charge in [0.2, 0.25) is 5.91 Å². The first kappa shape index (κ1) is 30.7. The summed E-state index contributed by atoms with van der Waals surface area (Å²) in [4.78, 5) is 42.2. The highest BCUT2D eigenvalue weighted by molar-refractivity contribution is 5.97. The first-order valence-corrected chi connectivity index (χ1v) is 15.0. The minimum absolute atomic E-state index is 0.00201. The second kappa shape index (κ2) is 11.7. The Labute approximate surface area is 253 Å². The summed E-state index contributed by atoms with van der Waals surface area (Å²) in [5.41, 5.74) is 2.78. The Kier molecular flexibility index (Phi) is 8.35. The third-order valence-corrected chi connectivity index (χ3v) is 8.28. The number of imidazole rings is 1. The van der Waals surface area contributed by atoms with Gasteiger partial charge in [-0.3, -0.25) is 14.7 Å². The van der Waals surface area contributed by atoms with Crippen molar-refractivity contribution in [2.24, 2.45) is 0 Å². The van der Waals surface area contributed by atoms with Crippen molar-refractivity contribution in [3.05, 3.63) is 77.4 Å². The lowest BCUT2D eigenvalue weighted by Gasteiger charge is -2.45. The number of fused-ring (bicyclic) bond motifs is 1. The molecule has 0 bridgehead atoms. The molecule has 1 aromatic carbocycles. The summed E-state index contributed by atoms with van der Waals surface area (Å²) in [6.45, 7) is 16.1. The van der Waals surface area contributed by atoms with Crippen LogP contribution in [0.4, 0.5) is 14.9 Å². The fourth-order valence-electron chi connectivity index (χ4n) is 6.07. The Bertz CT molecular complexity index is 1480. The zero-order chi connectivity index (χ0) is 31.1. The zero-order valence-corrected chi connectivity index (χ0v) is 26.3. The lowest BCUT2D eigenvalue weighted by atomic mass is 9.91. The first-order valence-electron chi connectivity index (χ1n) is 15.0. The average molecular weight is 591 g/mol. The lowest BCUT2D eigenvalue weighted by molar-refractivity contribution is -0.121. The number of hydrogen-bond donors (Lipinski definition) is 0. The maximum atomic E-state index is 14.1. The van der Waals surface area contributed by atoms with Crippen molar-refractivity contribution < 1.29 is 18.7 Å². The van der Waals surface area contributed by atoms with Gasteiger partial charge in [0.25, 0.3) is 0 Å². The van der Waals surface area contributed by atoms with E-state index >= 15 is 0 Å². The van der Waals surface area contributed by atoms with Crippen LogP contribution in [0.15, 0.2) is 48.9 Å². The number of halogens is 1. The van der Waals surface area contributed by atoms with Crippen molar-refractivity contribution in [1.82, 2.24) is 24.3 Å². The van der Waals surface area contributed by atoms with Crippen molar-refractivity contribution in [1.29, 1.82) is 0 Å². The molecule has 2 atom stereocenters. The molecule has 2 aliphatic heterocycles. The van der Waals surface area contributed by atoms with Crippen LogP contribution >= 0.6 is 0 Å². The number of benzene rings is 1. The van der Waals surface area contributed by atoms with Crippen molar-refractivity contribution in [3.63, 3.8) is 0 Å². The first-order chi connectivity index (χ1) is 20.2. The number of aromatic nitrogens is 3. The molecule has 1 fully saturated rings. The molecule has 0 N–H and O–H groups in total. The third-order valence-electron chi connectivity index (χ3n) is 8.28. The van der Waals surface area contributed by atoms with Crippen LogP contribution in [-0.2, 0) is 27.9 Å². The van der Waals surface area contributed by atoms with Crippen LogP contribution < -0.4 is 4.90 Å². The topological polar surface area (TPSA) is 83.8 Å². The molecular formula is C33H43FN6O3. The summed E-state index contributed by atoms with van der Waals surface area (Å²) >= 11 is 0. The van der Waals surface area contributed by atoms with Gasteiger partial charge >= 0.3 is 6.09 Å². The molecule has 5 rings (SSSR count). The highest BCUT2D eigenvalue weighted by Gasteiger charge is 2.42. The van der Waals surface area contributed by atoms with E-state index in [9.17, 15) is 14.0 Å². The number of pyridine rings is 1. The van der Waals surface area contributed by atoms with E-state index < -0.39 is 5.60 Å². The standard InChI is InChI=1S/C33H43FN6O3/c1-22-17-38(27(18-37-13-12-35-23(37)2)19-39(22)31(42)43-32(3,4)5)20-29(41)40-21-33(6,7)30-28(40)15-25(16-36-30)14-24-8-10-26(34)11-9-24/h8-13,15-16,22,27H,14,17-21H2,1-7H3/t22-,27+/m1/s1. The molecule has 0 spiro atoms. The van der Waals surface area contributed by atoms with Gasteiger partial charge in [-0.2, -0.15) is 0 Å². The van der Waals surface area contributed by atoms with Crippen LogP contribution in [0, 0.1) is 12.7 Å². The van der Waals surface area contributed by atoms with Crippen LogP contribution in [0.1, 0.15) is 64.2 Å². The van der Waals surface area contributed by atoms with E-state index in [4.69, 9.17) is 9.72 Å². The number of rotatable bonds is 6. The quantitative estimate of drug-likeness (QED) is 0.404. The third kappa shape index (κ3) is 6.90. The zero-order valence-electron chi connectivity index (χ0n) is 26.3. The summed E-state index contributed by atoms with van der Waals surface area (Å²) in [6, 6.07) is 8.27. The van der Waals surface area contributed by atoms with Gasteiger partial charge < -0.3 is 19.1 Å². The number of carbonyl (C=O) groups excluding carboxylic acids is 2. The van der Waals surface area contributed by atoms with Gasteiger partial charge in [-0.25, -0.2) is 14.2 Å². The molecule has 10 heteroatoms. The number of aryl methyl sites for hydroxylation is 1. The maximum absolute atomic E-state index is 14.1. The van der Waals surface area contributed by atoms with E-state index in [2.05, 4.69) is 28.3 Å². The SMILES string of the molecule is Cc1nccn1C[C@H]1CN(C(=O)OC(C)(C)C)[C@H](C)CN1CC(=O)N1CC(C)(C)c2ncc(Cc3ccc(F)cc3)cc21. The van der Waals surface area contributed by atoms with Crippen LogP contribution in [0.25, 0.3) is 0 Å². The van der Waals surface area contributed by atoms with Gasteiger partial charge in [0.15, 0.2) is 0 Å². The molecule has 0 radical (unpaired) electrons. The summed E-state index contributed by atoms with van der Waals surface area (Å²) in [6.07, 6.45) is 5.81. The normalized spacial score (nSPS) is 20.3. The van der Waals surface area contributed by atoms with Gasteiger partial charge in [0.1, 0.15) is 17.2 Å². The molecule has 230 valence electrons. The largest absolute Gasteiger partial charge is 0.444 e. The Morgan fingerprint density at radius 3 is 2.47 bits per heavy atom. The van der Waals surface area contributed by atoms with Crippen LogP contribution in [0.5, 0.6) is 0 Å². The molecule has 3 aromatic rings. The molecule has 4 heterocycles. The Morgan fingerprint density at radius 1 is 1.09 bits per heavy atom. The predicted octanol–water partition coefficient (Wildman–Crippen LogP) is 4.95. The summed E-state index contributed by atoms with van der Waals surface area (Å²) in [7, 11) is 0. The Hall–Kier alpha value is -3.79. The van der Waals surface area contributed by atoms with E-state index in [0.717, 1.165) is 28.3 Å². The van der Waals surface area contributed by atoms with Crippen molar-refractivity contribution >= 4 is 17.7 Å². The maximum Gasteiger partial charge on any atom is 0.410 e. The van der Waals surface area contributed by atoms with E-state index in [1.54, 1.807) is 23.2 Å². The number of hydrogen-bond acceptors (Lipinski definition) is 6. The van der Waals surface area contributed by atoms with Crippen molar-refractivity contribution in [3.8, 4) is 0 Å². The molecule has 2 aliphatic rings. The minimum Gasteiger partial charge on any atom is -0.444 e. The molecule has 0 saturated carbocycles. The number of amides is 2. The predicted molar refractivity (Wildman–Crippen MR) is 164 cm³/mol. The van der Waals surface area contributed by atoms with Gasteiger partial charge in [-0.15, -0.1) is 0 Å². The smallest absolute Gasteiger partial charge is 0.410 e. The van der Waals surface area contributed by atoms with Crippen molar-refractivity contribution in [2.45, 2.75) is 84.5 Å².